The summed E-state index contributed by atoms with van der Waals surface area (Å²) in [6.07, 6.45) is 0. The summed E-state index contributed by atoms with van der Waals surface area (Å²) >= 11 is 0. The Hall–Kier alpha value is -1.51. The minimum Gasteiger partial charge on any atom is -0.370 e. The van der Waals surface area contributed by atoms with Gasteiger partial charge in [0.2, 0.25) is 0 Å². The number of anilines is 1. The van der Waals surface area contributed by atoms with Gasteiger partial charge < -0.3 is 11.1 Å². The van der Waals surface area contributed by atoms with Crippen molar-refractivity contribution in [1.29, 1.82) is 0 Å². The summed E-state index contributed by atoms with van der Waals surface area (Å²) in [4.78, 5) is 3.89. The van der Waals surface area contributed by atoms with Crippen molar-refractivity contribution in [3.63, 3.8) is 0 Å². The zero-order valence-electron chi connectivity index (χ0n) is 9.83. The summed E-state index contributed by atoms with van der Waals surface area (Å²) in [5.41, 5.74) is 8.01. The quantitative estimate of drug-likeness (QED) is 0.546. The first-order valence-corrected chi connectivity index (χ1v) is 5.04. The van der Waals surface area contributed by atoms with Gasteiger partial charge in [0.05, 0.1) is 0 Å². The first kappa shape index (κ1) is 11.6. The summed E-state index contributed by atoms with van der Waals surface area (Å²) in [5, 5.41) is 3.09. The molecule has 0 aliphatic heterocycles. The summed E-state index contributed by atoms with van der Waals surface area (Å²) < 4.78 is 0. The maximum absolute atomic E-state index is 5.66. The molecule has 0 spiro atoms. The second kappa shape index (κ2) is 4.34. The smallest absolute Gasteiger partial charge is 0.192 e. The fourth-order valence-electron chi connectivity index (χ4n) is 1.44. The Bertz CT molecular complexity index is 361. The van der Waals surface area contributed by atoms with Crippen LogP contribution in [0.1, 0.15) is 26.3 Å². The number of benzene rings is 1. The molecule has 0 saturated carbocycles. The van der Waals surface area contributed by atoms with Crippen molar-refractivity contribution in [2.24, 2.45) is 10.7 Å². The minimum absolute atomic E-state index is 0.0949. The number of aliphatic imine (C=N–C) groups is 1. The molecule has 3 nitrogen and oxygen atoms in total. The van der Waals surface area contributed by atoms with E-state index in [9.17, 15) is 0 Å². The Morgan fingerprint density at radius 2 is 1.87 bits per heavy atom. The van der Waals surface area contributed by atoms with Crippen LogP contribution in [-0.4, -0.2) is 13.0 Å². The Labute approximate surface area is 91.4 Å². The molecule has 1 aromatic rings. The zero-order valence-corrected chi connectivity index (χ0v) is 9.83. The molecule has 0 radical (unpaired) electrons. The van der Waals surface area contributed by atoms with Gasteiger partial charge in [0.1, 0.15) is 0 Å². The fourth-order valence-corrected chi connectivity index (χ4v) is 1.44. The lowest BCUT2D eigenvalue weighted by atomic mass is 9.86. The van der Waals surface area contributed by atoms with Crippen molar-refractivity contribution in [2.75, 3.05) is 12.4 Å². The van der Waals surface area contributed by atoms with Crippen LogP contribution in [0.25, 0.3) is 0 Å². The van der Waals surface area contributed by atoms with E-state index >= 15 is 0 Å². The van der Waals surface area contributed by atoms with Crippen LogP contribution in [0.2, 0.25) is 0 Å². The van der Waals surface area contributed by atoms with E-state index < -0.39 is 0 Å². The molecule has 0 aromatic heterocycles. The van der Waals surface area contributed by atoms with Gasteiger partial charge in [-0.3, -0.25) is 4.99 Å². The van der Waals surface area contributed by atoms with Gasteiger partial charge in [-0.25, -0.2) is 0 Å². The number of para-hydroxylation sites is 1. The van der Waals surface area contributed by atoms with E-state index in [0.29, 0.717) is 5.96 Å². The van der Waals surface area contributed by atoms with Gasteiger partial charge in [-0.2, -0.15) is 0 Å². The number of hydrogen-bond acceptors (Lipinski definition) is 1. The Morgan fingerprint density at radius 1 is 1.27 bits per heavy atom. The molecule has 0 unspecified atom stereocenters. The van der Waals surface area contributed by atoms with E-state index in [4.69, 9.17) is 5.73 Å². The molecular weight excluding hydrogens is 186 g/mol. The molecule has 15 heavy (non-hydrogen) atoms. The molecule has 0 aliphatic rings. The van der Waals surface area contributed by atoms with Crippen molar-refractivity contribution < 1.29 is 0 Å². The monoisotopic (exact) mass is 205 g/mol. The molecule has 82 valence electrons. The van der Waals surface area contributed by atoms with Gasteiger partial charge in [-0.1, -0.05) is 39.0 Å². The fraction of sp³-hybridized carbons (Fsp3) is 0.417. The van der Waals surface area contributed by atoms with Crippen LogP contribution < -0.4 is 11.1 Å². The summed E-state index contributed by atoms with van der Waals surface area (Å²) in [6, 6.07) is 8.13. The predicted octanol–water partition coefficient (Wildman–Crippen LogP) is 2.34. The van der Waals surface area contributed by atoms with E-state index in [1.807, 2.05) is 18.2 Å². The molecule has 3 heteroatoms. The second-order valence-corrected chi connectivity index (χ2v) is 4.53. The third kappa shape index (κ3) is 2.98. The molecule has 0 amide bonds. The van der Waals surface area contributed by atoms with Gasteiger partial charge in [-0.15, -0.1) is 0 Å². The van der Waals surface area contributed by atoms with E-state index in [0.717, 1.165) is 5.69 Å². The molecule has 1 rings (SSSR count). The number of hydrogen-bond donors (Lipinski definition) is 2. The molecule has 3 N–H and O–H groups in total. The zero-order chi connectivity index (χ0) is 11.5. The first-order chi connectivity index (χ1) is 6.95. The largest absolute Gasteiger partial charge is 0.370 e. The number of nitrogens with one attached hydrogen (secondary N) is 1. The summed E-state index contributed by atoms with van der Waals surface area (Å²) in [5.74, 6) is 0.437. The van der Waals surface area contributed by atoms with E-state index in [-0.39, 0.29) is 5.41 Å². The minimum atomic E-state index is 0.0949. The highest BCUT2D eigenvalue weighted by Crippen LogP contribution is 2.28. The van der Waals surface area contributed by atoms with Crippen LogP contribution in [0.5, 0.6) is 0 Å². The lowest BCUT2D eigenvalue weighted by Gasteiger charge is -2.23. The highest BCUT2D eigenvalue weighted by molar-refractivity contribution is 5.93. The molecule has 0 aliphatic carbocycles. The Kier molecular flexibility index (Phi) is 3.35. The van der Waals surface area contributed by atoms with Crippen molar-refractivity contribution >= 4 is 11.6 Å². The third-order valence-electron chi connectivity index (χ3n) is 2.24. The topological polar surface area (TPSA) is 50.4 Å². The number of nitrogens with zero attached hydrogens (tertiary/aromatic N) is 1. The van der Waals surface area contributed by atoms with E-state index in [1.54, 1.807) is 7.05 Å². The van der Waals surface area contributed by atoms with E-state index in [1.165, 1.54) is 5.56 Å². The number of nitrogens with two attached hydrogens (primary N) is 1. The molecule has 0 atom stereocenters. The molecule has 0 bridgehead atoms. The van der Waals surface area contributed by atoms with Crippen LogP contribution in [0.15, 0.2) is 29.3 Å². The van der Waals surface area contributed by atoms with Gasteiger partial charge in [-0.05, 0) is 17.0 Å². The summed E-state index contributed by atoms with van der Waals surface area (Å²) in [6.45, 7) is 6.52. The predicted molar refractivity (Wildman–Crippen MR) is 66.3 cm³/mol. The maximum Gasteiger partial charge on any atom is 0.192 e. The van der Waals surface area contributed by atoms with Crippen molar-refractivity contribution in [3.8, 4) is 0 Å². The van der Waals surface area contributed by atoms with Crippen molar-refractivity contribution in [3.05, 3.63) is 29.8 Å². The van der Waals surface area contributed by atoms with Crippen LogP contribution in [0, 0.1) is 0 Å². The molecule has 0 saturated heterocycles. The first-order valence-electron chi connectivity index (χ1n) is 5.04. The van der Waals surface area contributed by atoms with Crippen LogP contribution in [0.4, 0.5) is 5.69 Å². The molecule has 0 fully saturated rings. The lowest BCUT2D eigenvalue weighted by Crippen LogP contribution is -2.24. The van der Waals surface area contributed by atoms with Crippen molar-refractivity contribution in [1.82, 2.24) is 0 Å². The van der Waals surface area contributed by atoms with Gasteiger partial charge in [0.15, 0.2) is 5.96 Å². The second-order valence-electron chi connectivity index (χ2n) is 4.53. The average Bonchev–Trinajstić information content (AvgIpc) is 2.17. The van der Waals surface area contributed by atoms with E-state index in [2.05, 4.69) is 37.1 Å². The Balaban J connectivity index is 3.08. The van der Waals surface area contributed by atoms with Gasteiger partial charge in [0, 0.05) is 12.7 Å². The highest BCUT2D eigenvalue weighted by Gasteiger charge is 2.17. The third-order valence-corrected chi connectivity index (χ3v) is 2.24. The van der Waals surface area contributed by atoms with Gasteiger partial charge in [0.25, 0.3) is 0 Å². The number of guanidine groups is 1. The maximum atomic E-state index is 5.66. The average molecular weight is 205 g/mol. The standard InChI is InChI=1S/C12H19N3/c1-12(2,3)9-7-5-6-8-10(9)15-11(13)14-4/h5-8H,1-4H3,(H3,13,14,15). The SMILES string of the molecule is CN=C(N)Nc1ccccc1C(C)(C)C. The molecule has 1 aromatic carbocycles. The lowest BCUT2D eigenvalue weighted by molar-refractivity contribution is 0.592. The normalized spacial score (nSPS) is 12.7. The number of rotatable bonds is 1. The van der Waals surface area contributed by atoms with Crippen LogP contribution >= 0.6 is 0 Å². The Morgan fingerprint density at radius 3 is 2.40 bits per heavy atom. The highest BCUT2D eigenvalue weighted by atomic mass is 15.1. The summed E-state index contributed by atoms with van der Waals surface area (Å²) in [7, 11) is 1.67. The van der Waals surface area contributed by atoms with Crippen LogP contribution in [-0.2, 0) is 5.41 Å². The molecular formula is C12H19N3. The van der Waals surface area contributed by atoms with Crippen LogP contribution in [0.3, 0.4) is 0 Å². The molecule has 0 heterocycles. The van der Waals surface area contributed by atoms with Gasteiger partial charge >= 0.3 is 0 Å². The van der Waals surface area contributed by atoms with Crippen molar-refractivity contribution in [2.45, 2.75) is 26.2 Å².